The van der Waals surface area contributed by atoms with Crippen LogP contribution >= 0.6 is 0 Å². The number of anilines is 1. The topological polar surface area (TPSA) is 46.6 Å². The minimum absolute atomic E-state index is 0.0541. The van der Waals surface area contributed by atoms with Crippen LogP contribution in [-0.2, 0) is 14.0 Å². The largest absolute Gasteiger partial charge is 0.410 e. The summed E-state index contributed by atoms with van der Waals surface area (Å²) in [5.74, 6) is -0.956. The molecule has 1 aliphatic heterocycles. The van der Waals surface area contributed by atoms with E-state index in [1.165, 1.54) is 4.90 Å². The molecule has 0 N–H and O–H groups in total. The van der Waals surface area contributed by atoms with E-state index in [4.69, 9.17) is 4.43 Å². The van der Waals surface area contributed by atoms with Gasteiger partial charge in [0, 0.05) is 0 Å². The minimum atomic E-state index is -2.04. The Labute approximate surface area is 151 Å². The maximum absolute atomic E-state index is 13.1. The van der Waals surface area contributed by atoms with Crippen molar-refractivity contribution in [3.63, 3.8) is 0 Å². The predicted octanol–water partition coefficient (Wildman–Crippen LogP) is 4.14. The summed E-state index contributed by atoms with van der Waals surface area (Å²) >= 11 is 0. The van der Waals surface area contributed by atoms with Gasteiger partial charge in [-0.05, 0) is 36.7 Å². The molecule has 1 fully saturated rings. The maximum Gasteiger partial charge on any atom is 0.240 e. The third-order valence-corrected chi connectivity index (χ3v) is 10.3. The highest BCUT2D eigenvalue weighted by Gasteiger charge is 2.53. The number of fused-ring (bicyclic) bond motifs is 1. The van der Waals surface area contributed by atoms with E-state index in [2.05, 4.69) is 33.9 Å². The summed E-state index contributed by atoms with van der Waals surface area (Å²) in [6.07, 6.45) is 4.28. The van der Waals surface area contributed by atoms with Gasteiger partial charge in [-0.1, -0.05) is 51.1 Å². The van der Waals surface area contributed by atoms with E-state index < -0.39 is 14.2 Å². The van der Waals surface area contributed by atoms with Gasteiger partial charge in [0.2, 0.25) is 11.8 Å². The Kier molecular flexibility index (Phi) is 4.50. The predicted molar refractivity (Wildman–Crippen MR) is 102 cm³/mol. The number of amides is 2. The first-order chi connectivity index (χ1) is 11.6. The molecule has 1 aromatic rings. The number of carbonyl (C=O) groups is 2. The highest BCUT2D eigenvalue weighted by atomic mass is 28.4. The summed E-state index contributed by atoms with van der Waals surface area (Å²) in [5, 5.41) is 0.0541. The summed E-state index contributed by atoms with van der Waals surface area (Å²) < 4.78 is 6.51. The van der Waals surface area contributed by atoms with Crippen LogP contribution in [0.25, 0.3) is 0 Å². The summed E-state index contributed by atoms with van der Waals surface area (Å²) in [7, 11) is -2.04. The van der Waals surface area contributed by atoms with Crippen LogP contribution in [0.3, 0.4) is 0 Å². The van der Waals surface area contributed by atoms with Crippen LogP contribution in [0.2, 0.25) is 18.1 Å². The lowest BCUT2D eigenvalue weighted by molar-refractivity contribution is -0.123. The fourth-order valence-corrected chi connectivity index (χ4v) is 4.57. The van der Waals surface area contributed by atoms with Gasteiger partial charge in [0.15, 0.2) is 8.32 Å². The minimum Gasteiger partial charge on any atom is -0.410 e. The van der Waals surface area contributed by atoms with Crippen LogP contribution in [0.15, 0.2) is 42.5 Å². The smallest absolute Gasteiger partial charge is 0.240 e. The maximum atomic E-state index is 13.1. The Morgan fingerprint density at radius 1 is 1.08 bits per heavy atom. The lowest BCUT2D eigenvalue weighted by Gasteiger charge is -2.41. The fourth-order valence-electron chi connectivity index (χ4n) is 3.31. The number of nitrogens with zero attached hydrogens (tertiary/aromatic N) is 1. The Morgan fingerprint density at radius 3 is 2.32 bits per heavy atom. The number of hydrogen-bond donors (Lipinski definition) is 0. The number of rotatable bonds is 3. The van der Waals surface area contributed by atoms with Crippen LogP contribution in [0, 0.1) is 11.8 Å². The summed E-state index contributed by atoms with van der Waals surface area (Å²) in [4.78, 5) is 27.3. The summed E-state index contributed by atoms with van der Waals surface area (Å²) in [5.41, 5.74) is 0.651. The van der Waals surface area contributed by atoms with Crippen molar-refractivity contribution in [2.45, 2.75) is 51.4 Å². The molecule has 134 valence electrons. The molecule has 3 rings (SSSR count). The van der Waals surface area contributed by atoms with Gasteiger partial charge < -0.3 is 4.43 Å². The lowest BCUT2D eigenvalue weighted by atomic mass is 9.83. The first-order valence-corrected chi connectivity index (χ1v) is 11.8. The molecule has 2 aliphatic rings. The SMILES string of the molecule is CC(C)(C)[Si](C)(C)O[C@H]1C=CC[C@H]2C(=O)N(c3ccccc3)C(=O)[C@@H]12. The second kappa shape index (κ2) is 6.22. The van der Waals surface area contributed by atoms with Gasteiger partial charge in [-0.25, -0.2) is 4.90 Å². The molecule has 0 radical (unpaired) electrons. The van der Waals surface area contributed by atoms with Gasteiger partial charge in [0.25, 0.3) is 0 Å². The van der Waals surface area contributed by atoms with E-state index in [-0.39, 0.29) is 28.9 Å². The first-order valence-electron chi connectivity index (χ1n) is 8.91. The van der Waals surface area contributed by atoms with Crippen molar-refractivity contribution in [3.05, 3.63) is 42.5 Å². The zero-order chi connectivity index (χ0) is 18.4. The number of imide groups is 1. The van der Waals surface area contributed by atoms with Crippen LogP contribution in [-0.4, -0.2) is 26.2 Å². The van der Waals surface area contributed by atoms with Crippen molar-refractivity contribution in [2.75, 3.05) is 4.90 Å². The number of carbonyl (C=O) groups excluding carboxylic acids is 2. The monoisotopic (exact) mass is 357 g/mol. The Hall–Kier alpha value is -1.72. The lowest BCUT2D eigenvalue weighted by Crippen LogP contribution is -2.48. The number of allylic oxidation sites excluding steroid dienone is 1. The van der Waals surface area contributed by atoms with Crippen LogP contribution < -0.4 is 4.90 Å². The summed E-state index contributed by atoms with van der Waals surface area (Å²) in [6, 6.07) is 9.19. The third-order valence-electron chi connectivity index (χ3n) is 5.80. The van der Waals surface area contributed by atoms with E-state index in [1.807, 2.05) is 42.5 Å². The quantitative estimate of drug-likeness (QED) is 0.464. The van der Waals surface area contributed by atoms with Crippen molar-refractivity contribution in [3.8, 4) is 0 Å². The zero-order valence-corrected chi connectivity index (χ0v) is 16.7. The molecule has 0 aromatic heterocycles. The second-order valence-electron chi connectivity index (χ2n) is 8.49. The van der Waals surface area contributed by atoms with E-state index in [1.54, 1.807) is 0 Å². The molecule has 3 atom stereocenters. The van der Waals surface area contributed by atoms with E-state index >= 15 is 0 Å². The molecule has 2 amide bonds. The molecule has 1 aliphatic carbocycles. The molecule has 0 spiro atoms. The zero-order valence-electron chi connectivity index (χ0n) is 15.7. The van der Waals surface area contributed by atoms with E-state index in [0.717, 1.165) is 0 Å². The van der Waals surface area contributed by atoms with Gasteiger partial charge in [-0.15, -0.1) is 0 Å². The van der Waals surface area contributed by atoms with E-state index in [0.29, 0.717) is 12.1 Å². The average Bonchev–Trinajstić information content (AvgIpc) is 2.79. The average molecular weight is 358 g/mol. The Morgan fingerprint density at radius 2 is 1.72 bits per heavy atom. The third kappa shape index (κ3) is 3.11. The second-order valence-corrected chi connectivity index (χ2v) is 13.2. The van der Waals surface area contributed by atoms with Crippen molar-refractivity contribution in [1.82, 2.24) is 0 Å². The molecule has 1 aromatic carbocycles. The molecular weight excluding hydrogens is 330 g/mol. The number of hydrogen-bond acceptors (Lipinski definition) is 3. The van der Waals surface area contributed by atoms with Crippen molar-refractivity contribution in [1.29, 1.82) is 0 Å². The number of benzene rings is 1. The van der Waals surface area contributed by atoms with Crippen molar-refractivity contribution in [2.24, 2.45) is 11.8 Å². The Bertz CT molecular complexity index is 705. The van der Waals surface area contributed by atoms with Crippen LogP contribution in [0.1, 0.15) is 27.2 Å². The number of para-hydroxylation sites is 1. The normalized spacial score (nSPS) is 26.9. The standard InChI is InChI=1S/C20H27NO3Si/c1-20(2,3)25(4,5)24-16-13-9-12-15-17(16)19(23)21(18(15)22)14-10-7-6-8-11-14/h6-11,13,15-17H,12H2,1-5H3/t15-,16+,17-/m1/s1. The highest BCUT2D eigenvalue weighted by molar-refractivity contribution is 6.74. The Balaban J connectivity index is 1.90. The van der Waals surface area contributed by atoms with E-state index in [9.17, 15) is 9.59 Å². The van der Waals surface area contributed by atoms with Crippen molar-refractivity contribution < 1.29 is 14.0 Å². The fraction of sp³-hybridized carbons (Fsp3) is 0.500. The first kappa shape index (κ1) is 18.1. The van der Waals surface area contributed by atoms with Gasteiger partial charge in [-0.2, -0.15) is 0 Å². The molecular formula is C20H27NO3Si. The molecule has 0 saturated carbocycles. The van der Waals surface area contributed by atoms with Gasteiger partial charge in [-0.3, -0.25) is 9.59 Å². The highest BCUT2D eigenvalue weighted by Crippen LogP contribution is 2.43. The molecule has 0 bridgehead atoms. The van der Waals surface area contributed by atoms with Crippen LogP contribution in [0.5, 0.6) is 0 Å². The van der Waals surface area contributed by atoms with Crippen LogP contribution in [0.4, 0.5) is 5.69 Å². The van der Waals surface area contributed by atoms with Gasteiger partial charge in [0.05, 0.1) is 23.6 Å². The molecule has 0 unspecified atom stereocenters. The summed E-state index contributed by atoms with van der Waals surface area (Å²) in [6.45, 7) is 10.9. The van der Waals surface area contributed by atoms with Crippen molar-refractivity contribution >= 4 is 25.8 Å². The molecule has 5 heteroatoms. The van der Waals surface area contributed by atoms with Gasteiger partial charge >= 0.3 is 0 Å². The molecule has 1 heterocycles. The molecule has 4 nitrogen and oxygen atoms in total. The molecule has 25 heavy (non-hydrogen) atoms. The van der Waals surface area contributed by atoms with Gasteiger partial charge in [0.1, 0.15) is 0 Å². The molecule has 1 saturated heterocycles.